The molecule has 13 nitrogen and oxygen atoms in total. The first-order valence-electron chi connectivity index (χ1n) is 9.62. The molecule has 2 heterocycles. The van der Waals surface area contributed by atoms with E-state index in [1.54, 1.807) is 19.2 Å². The Morgan fingerprint density at radius 3 is 2.74 bits per heavy atom. The molecule has 1 aliphatic heterocycles. The summed E-state index contributed by atoms with van der Waals surface area (Å²) in [6.45, 7) is 0.434. The smallest absolute Gasteiger partial charge is 0.351 e. The maximum absolute atomic E-state index is 12.4. The van der Waals surface area contributed by atoms with Gasteiger partial charge in [-0.3, -0.25) is 19.6 Å². The first-order valence-corrected chi connectivity index (χ1v) is 9.62. The van der Waals surface area contributed by atoms with Gasteiger partial charge in [0.25, 0.3) is 5.91 Å². The number of hydrogen-bond donors (Lipinski definition) is 6. The fourth-order valence-corrected chi connectivity index (χ4v) is 2.93. The molecule has 0 radical (unpaired) electrons. The molecule has 0 spiro atoms. The maximum Gasteiger partial charge on any atom is 0.351 e. The Morgan fingerprint density at radius 2 is 2.13 bits per heavy atom. The van der Waals surface area contributed by atoms with Crippen LogP contribution in [0.15, 0.2) is 29.2 Å². The van der Waals surface area contributed by atoms with Crippen LogP contribution in [-0.2, 0) is 14.3 Å². The van der Waals surface area contributed by atoms with Crippen LogP contribution in [-0.4, -0.2) is 71.1 Å². The van der Waals surface area contributed by atoms with E-state index in [2.05, 4.69) is 15.6 Å². The molecule has 0 saturated heterocycles. The van der Waals surface area contributed by atoms with Gasteiger partial charge in [-0.15, -0.1) is 0 Å². The van der Waals surface area contributed by atoms with E-state index in [0.29, 0.717) is 13.0 Å². The summed E-state index contributed by atoms with van der Waals surface area (Å²) in [5, 5.41) is 12.5. The molecule has 0 aromatic carbocycles. The van der Waals surface area contributed by atoms with Crippen molar-refractivity contribution in [2.75, 3.05) is 26.4 Å². The molecule has 0 fully saturated rings. The zero-order chi connectivity index (χ0) is 23.1. The minimum Gasteiger partial charge on any atom is -0.383 e. The van der Waals surface area contributed by atoms with Gasteiger partial charge in [0.05, 0.1) is 6.04 Å². The first kappa shape index (κ1) is 23.8. The predicted molar refractivity (Wildman–Crippen MR) is 114 cm³/mol. The lowest BCUT2D eigenvalue weighted by Gasteiger charge is -2.32. The summed E-state index contributed by atoms with van der Waals surface area (Å²) in [5.41, 5.74) is 16.2. The van der Waals surface area contributed by atoms with Crippen LogP contribution in [0.1, 0.15) is 19.1 Å². The van der Waals surface area contributed by atoms with Crippen molar-refractivity contribution in [3.8, 4) is 0 Å². The van der Waals surface area contributed by atoms with Gasteiger partial charge in [-0.05, 0) is 18.6 Å². The van der Waals surface area contributed by atoms with E-state index < -0.39 is 36.0 Å². The number of aromatic nitrogens is 2. The summed E-state index contributed by atoms with van der Waals surface area (Å²) in [6.07, 6.45) is 3.05. The molecule has 31 heavy (non-hydrogen) atoms. The molecular formula is C18H29N9O4. The average molecular weight is 435 g/mol. The lowest BCUT2D eigenvalue weighted by Crippen LogP contribution is -2.53. The average Bonchev–Trinajstić information content (AvgIpc) is 2.71. The molecule has 0 saturated carbocycles. The molecule has 0 unspecified atom stereocenters. The van der Waals surface area contributed by atoms with Gasteiger partial charge in [0.15, 0.2) is 18.3 Å². The number of likely N-dealkylation sites (N-methyl/N-ethyl adjacent to an activating group) is 1. The second-order valence-corrected chi connectivity index (χ2v) is 7.14. The number of rotatable bonds is 8. The summed E-state index contributed by atoms with van der Waals surface area (Å²) in [7, 11) is 3.10. The third-order valence-electron chi connectivity index (χ3n) is 4.75. The second-order valence-electron chi connectivity index (χ2n) is 7.14. The van der Waals surface area contributed by atoms with E-state index in [9.17, 15) is 14.4 Å². The number of carbonyl (C=O) groups is 2. The molecule has 0 aliphatic carbocycles. The van der Waals surface area contributed by atoms with Crippen molar-refractivity contribution in [2.24, 2.45) is 11.5 Å². The van der Waals surface area contributed by atoms with Gasteiger partial charge in [0.1, 0.15) is 5.82 Å². The predicted octanol–water partition coefficient (Wildman–Crippen LogP) is -2.56. The number of hydrogen-bond acceptors (Lipinski definition) is 8. The fraction of sp³-hybridized carbons (Fsp3) is 0.500. The molecule has 1 aromatic heterocycles. The molecule has 1 aromatic rings. The summed E-state index contributed by atoms with van der Waals surface area (Å²) in [4.78, 5) is 42.0. The number of amides is 2. The largest absolute Gasteiger partial charge is 0.383 e. The summed E-state index contributed by atoms with van der Waals surface area (Å²) in [5.74, 6) is -0.849. The SMILES string of the molecule is CNC(=O)[C@H]1O[C@@H](n2ccc(N)nc2=O)C=C[C@@H]1NC(=O)C[C@@H](N)CCN(C)C(=N)N. The Hall–Kier alpha value is -3.45. The lowest BCUT2D eigenvalue weighted by molar-refractivity contribution is -0.142. The quantitative estimate of drug-likeness (QED) is 0.144. The van der Waals surface area contributed by atoms with Gasteiger partial charge in [-0.1, -0.05) is 6.08 Å². The number of carbonyl (C=O) groups excluding carboxylic acids is 2. The Labute approximate surface area is 179 Å². The van der Waals surface area contributed by atoms with Crippen LogP contribution in [0.3, 0.4) is 0 Å². The maximum atomic E-state index is 12.4. The van der Waals surface area contributed by atoms with E-state index in [0.717, 1.165) is 0 Å². The van der Waals surface area contributed by atoms with E-state index in [1.165, 1.54) is 28.8 Å². The molecule has 4 atom stereocenters. The number of guanidine groups is 1. The van der Waals surface area contributed by atoms with Crippen molar-refractivity contribution in [3.63, 3.8) is 0 Å². The van der Waals surface area contributed by atoms with Crippen molar-refractivity contribution in [2.45, 2.75) is 37.3 Å². The normalized spacial score (nSPS) is 21.2. The Bertz CT molecular complexity index is 900. The van der Waals surface area contributed by atoms with Crippen LogP contribution >= 0.6 is 0 Å². The zero-order valence-corrected chi connectivity index (χ0v) is 17.4. The zero-order valence-electron chi connectivity index (χ0n) is 17.4. The summed E-state index contributed by atoms with van der Waals surface area (Å²) >= 11 is 0. The number of ether oxygens (including phenoxy) is 1. The van der Waals surface area contributed by atoms with Gasteiger partial charge in [0.2, 0.25) is 5.91 Å². The van der Waals surface area contributed by atoms with Crippen LogP contribution in [0.25, 0.3) is 0 Å². The molecule has 1 aliphatic rings. The summed E-state index contributed by atoms with van der Waals surface area (Å²) < 4.78 is 6.95. The van der Waals surface area contributed by atoms with Gasteiger partial charge >= 0.3 is 5.69 Å². The van der Waals surface area contributed by atoms with Gasteiger partial charge in [0, 0.05) is 39.3 Å². The van der Waals surface area contributed by atoms with Crippen LogP contribution in [0.2, 0.25) is 0 Å². The second kappa shape index (κ2) is 10.5. The molecule has 2 amide bonds. The monoisotopic (exact) mass is 435 g/mol. The van der Waals surface area contributed by atoms with Crippen molar-refractivity contribution in [1.82, 2.24) is 25.1 Å². The van der Waals surface area contributed by atoms with Crippen LogP contribution in [0, 0.1) is 5.41 Å². The minimum absolute atomic E-state index is 0.0152. The molecular weight excluding hydrogens is 406 g/mol. The van der Waals surface area contributed by atoms with Crippen LogP contribution in [0.5, 0.6) is 0 Å². The molecule has 13 heteroatoms. The summed E-state index contributed by atoms with van der Waals surface area (Å²) in [6, 6.07) is 0.223. The number of nitrogens with two attached hydrogens (primary N) is 3. The highest BCUT2D eigenvalue weighted by Crippen LogP contribution is 2.20. The molecule has 170 valence electrons. The van der Waals surface area contributed by atoms with Crippen molar-refractivity contribution >= 4 is 23.6 Å². The van der Waals surface area contributed by atoms with Crippen molar-refractivity contribution < 1.29 is 14.3 Å². The molecule has 2 rings (SSSR count). The number of nitrogens with one attached hydrogen (secondary N) is 3. The highest BCUT2D eigenvalue weighted by Gasteiger charge is 2.34. The third kappa shape index (κ3) is 6.52. The van der Waals surface area contributed by atoms with E-state index in [1.807, 2.05) is 0 Å². The third-order valence-corrected chi connectivity index (χ3v) is 4.75. The fourth-order valence-electron chi connectivity index (χ4n) is 2.93. The standard InChI is InChI=1S/C18H29N9O4/c1-23-16(29)15-11(24-13(28)9-10(19)5-7-26(2)17(21)22)3-4-14(31-15)27-8-6-12(20)25-18(27)30/h3-4,6,8,10-11,14-15H,5,7,9,19H2,1-2H3,(H3,21,22)(H,23,29)(H,24,28)(H2,20,25,30)/t10-,11-,14+,15-/m0/s1. The topological polar surface area (TPSA) is 207 Å². The van der Waals surface area contributed by atoms with E-state index in [-0.39, 0.29) is 24.1 Å². The highest BCUT2D eigenvalue weighted by molar-refractivity contribution is 5.84. The van der Waals surface area contributed by atoms with Gasteiger partial charge < -0.3 is 37.5 Å². The highest BCUT2D eigenvalue weighted by atomic mass is 16.5. The molecule has 9 N–H and O–H groups in total. The number of nitrogens with zero attached hydrogens (tertiary/aromatic N) is 3. The van der Waals surface area contributed by atoms with Gasteiger partial charge in [-0.25, -0.2) is 4.79 Å². The van der Waals surface area contributed by atoms with Crippen molar-refractivity contribution in [3.05, 3.63) is 34.9 Å². The Balaban J connectivity index is 2.05. The van der Waals surface area contributed by atoms with Crippen molar-refractivity contribution in [1.29, 1.82) is 5.41 Å². The Kier molecular flexibility index (Phi) is 8.10. The minimum atomic E-state index is -1.08. The lowest BCUT2D eigenvalue weighted by atomic mass is 10.1. The first-order chi connectivity index (χ1) is 14.6. The van der Waals surface area contributed by atoms with E-state index in [4.69, 9.17) is 27.3 Å². The Morgan fingerprint density at radius 1 is 1.42 bits per heavy atom. The van der Waals surface area contributed by atoms with Crippen LogP contribution < -0.4 is 33.5 Å². The van der Waals surface area contributed by atoms with Gasteiger partial charge in [-0.2, -0.15) is 4.98 Å². The van der Waals surface area contributed by atoms with Crippen LogP contribution in [0.4, 0.5) is 5.82 Å². The number of nitrogen functional groups attached to an aromatic ring is 1. The molecule has 0 bridgehead atoms. The van der Waals surface area contributed by atoms with E-state index >= 15 is 0 Å². The number of anilines is 1.